The molecule has 1 unspecified atom stereocenters. The van der Waals surface area contributed by atoms with Crippen LogP contribution in [0.3, 0.4) is 0 Å². The second-order valence-electron chi connectivity index (χ2n) is 8.74. The van der Waals surface area contributed by atoms with Crippen LogP contribution >= 0.6 is 0 Å². The lowest BCUT2D eigenvalue weighted by Crippen LogP contribution is -2.42. The minimum Gasteiger partial charge on any atom is -0.375 e. The van der Waals surface area contributed by atoms with Gasteiger partial charge in [0.1, 0.15) is 0 Å². The molecule has 6 heteroatoms. The Kier molecular flexibility index (Phi) is 6.19. The lowest BCUT2D eigenvalue weighted by atomic mass is 9.85. The summed E-state index contributed by atoms with van der Waals surface area (Å²) in [5.41, 5.74) is 1.90. The smallest absolute Gasteiger partial charge is 0.366 e. The van der Waals surface area contributed by atoms with Crippen LogP contribution in [0.25, 0.3) is 21.9 Å². The van der Waals surface area contributed by atoms with Gasteiger partial charge >= 0.3 is 5.63 Å². The number of nitrogens with one attached hydrogen (secondary N) is 1. The Morgan fingerprint density at radius 2 is 1.50 bits per heavy atom. The van der Waals surface area contributed by atoms with Crippen molar-refractivity contribution in [1.82, 2.24) is 5.16 Å². The van der Waals surface area contributed by atoms with Crippen LogP contribution in [0, 0.1) is 6.92 Å². The summed E-state index contributed by atoms with van der Waals surface area (Å²) >= 11 is 0. The Hall–Kier alpha value is -4.55. The molecule has 0 fully saturated rings. The van der Waals surface area contributed by atoms with E-state index in [1.165, 1.54) is 0 Å². The summed E-state index contributed by atoms with van der Waals surface area (Å²) < 4.78 is 4.78. The number of aliphatic hydroxyl groups is 1. The molecule has 1 heterocycles. The van der Waals surface area contributed by atoms with Crippen LogP contribution in [0.15, 0.2) is 112 Å². The maximum Gasteiger partial charge on any atom is 0.366 e. The molecular weight excluding hydrogens is 452 g/mol. The van der Waals surface area contributed by atoms with Crippen molar-refractivity contribution in [2.75, 3.05) is 5.32 Å². The summed E-state index contributed by atoms with van der Waals surface area (Å²) in [4.78, 5) is 25.6. The van der Waals surface area contributed by atoms with Crippen molar-refractivity contribution >= 4 is 22.4 Å². The van der Waals surface area contributed by atoms with Crippen molar-refractivity contribution in [2.45, 2.75) is 18.9 Å². The predicted molar refractivity (Wildman–Crippen MR) is 140 cm³/mol. The van der Waals surface area contributed by atoms with E-state index in [9.17, 15) is 14.7 Å². The minimum absolute atomic E-state index is 0.0854. The Morgan fingerprint density at radius 1 is 0.861 bits per heavy atom. The lowest BCUT2D eigenvalue weighted by molar-refractivity contribution is -0.135. The van der Waals surface area contributed by atoms with E-state index in [-0.39, 0.29) is 6.42 Å². The number of carbonyl (C=O) groups excluding carboxylic acids is 1. The molecule has 0 bridgehead atoms. The summed E-state index contributed by atoms with van der Waals surface area (Å²) in [5.74, 6) is -0.577. The number of aryl methyl sites for hydroxylation is 1. The van der Waals surface area contributed by atoms with Gasteiger partial charge in [-0.05, 0) is 47.4 Å². The summed E-state index contributed by atoms with van der Waals surface area (Å²) in [6.07, 6.45) is 0.0854. The second-order valence-corrected chi connectivity index (χ2v) is 8.74. The SMILES string of the molecule is Cc1noc(=O)c2ccc(NC(=O)C(O)(Cc3ccccc3)c3ccc(-c4ccccc4)cc3)cc12. The number of aromatic nitrogens is 1. The number of fused-ring (bicyclic) bond motifs is 1. The Morgan fingerprint density at radius 3 is 2.19 bits per heavy atom. The molecule has 0 aliphatic heterocycles. The van der Waals surface area contributed by atoms with Gasteiger partial charge in [0, 0.05) is 17.5 Å². The molecule has 0 saturated heterocycles. The van der Waals surface area contributed by atoms with E-state index in [1.54, 1.807) is 37.3 Å². The third-order valence-electron chi connectivity index (χ3n) is 6.30. The summed E-state index contributed by atoms with van der Waals surface area (Å²) in [6.45, 7) is 1.72. The first kappa shape index (κ1) is 23.2. The summed E-state index contributed by atoms with van der Waals surface area (Å²) in [5, 5.41) is 19.4. The number of anilines is 1. The van der Waals surface area contributed by atoms with E-state index in [0.29, 0.717) is 27.7 Å². The number of nitrogens with zero attached hydrogens (tertiary/aromatic N) is 1. The molecule has 2 N–H and O–H groups in total. The van der Waals surface area contributed by atoms with Gasteiger partial charge in [-0.25, -0.2) is 4.79 Å². The predicted octanol–water partition coefficient (Wildman–Crippen LogP) is 5.23. The Balaban J connectivity index is 1.51. The van der Waals surface area contributed by atoms with E-state index in [1.807, 2.05) is 72.8 Å². The van der Waals surface area contributed by atoms with Gasteiger partial charge in [-0.2, -0.15) is 0 Å². The molecule has 1 aromatic heterocycles. The van der Waals surface area contributed by atoms with Crippen molar-refractivity contribution in [3.05, 3.63) is 130 Å². The number of rotatable bonds is 6. The minimum atomic E-state index is -1.84. The fraction of sp³-hybridized carbons (Fsp3) is 0.100. The summed E-state index contributed by atoms with van der Waals surface area (Å²) in [7, 11) is 0. The summed E-state index contributed by atoms with van der Waals surface area (Å²) in [6, 6.07) is 31.5. The molecule has 5 aromatic rings. The molecule has 0 aliphatic rings. The molecule has 0 spiro atoms. The zero-order valence-electron chi connectivity index (χ0n) is 19.6. The van der Waals surface area contributed by atoms with Crippen molar-refractivity contribution in [1.29, 1.82) is 0 Å². The second kappa shape index (κ2) is 9.60. The highest BCUT2D eigenvalue weighted by molar-refractivity contribution is 6.00. The van der Waals surface area contributed by atoms with Gasteiger partial charge < -0.3 is 14.9 Å². The monoisotopic (exact) mass is 476 g/mol. The average molecular weight is 477 g/mol. The van der Waals surface area contributed by atoms with Crippen LogP contribution in [-0.4, -0.2) is 16.2 Å². The standard InChI is InChI=1S/C30H24N2O4/c1-20-27-18-25(16-17-26(27)28(33)36-32-20)31-29(34)30(35,19-21-8-4-2-5-9-21)24-14-12-23(13-15-24)22-10-6-3-7-11-22/h2-18,35H,19H2,1H3,(H,31,34). The molecule has 4 aromatic carbocycles. The largest absolute Gasteiger partial charge is 0.375 e. The van der Waals surface area contributed by atoms with Gasteiger partial charge in [0.05, 0.1) is 11.1 Å². The number of carbonyl (C=O) groups is 1. The molecule has 0 radical (unpaired) electrons. The van der Waals surface area contributed by atoms with Crippen molar-refractivity contribution in [2.24, 2.45) is 0 Å². The first-order valence-electron chi connectivity index (χ1n) is 11.6. The van der Waals surface area contributed by atoms with Crippen LogP contribution in [-0.2, 0) is 16.8 Å². The average Bonchev–Trinajstić information content (AvgIpc) is 2.92. The molecule has 178 valence electrons. The molecule has 6 nitrogen and oxygen atoms in total. The quantitative estimate of drug-likeness (QED) is 0.350. The van der Waals surface area contributed by atoms with Crippen LogP contribution in [0.5, 0.6) is 0 Å². The fourth-order valence-electron chi connectivity index (χ4n) is 4.32. The van der Waals surface area contributed by atoms with Crippen molar-refractivity contribution in [3.63, 3.8) is 0 Å². The molecule has 36 heavy (non-hydrogen) atoms. The zero-order valence-corrected chi connectivity index (χ0v) is 19.6. The molecule has 1 amide bonds. The van der Waals surface area contributed by atoms with Crippen molar-refractivity contribution in [3.8, 4) is 11.1 Å². The third kappa shape index (κ3) is 4.54. The molecule has 5 rings (SSSR count). The maximum atomic E-state index is 13.6. The van der Waals surface area contributed by atoms with Crippen LogP contribution in [0.2, 0.25) is 0 Å². The van der Waals surface area contributed by atoms with Crippen LogP contribution < -0.4 is 10.9 Å². The number of benzene rings is 4. The topological polar surface area (TPSA) is 92.4 Å². The van der Waals surface area contributed by atoms with Gasteiger partial charge in [-0.1, -0.05) is 90.1 Å². The van der Waals surface area contributed by atoms with E-state index in [0.717, 1.165) is 16.7 Å². The van der Waals surface area contributed by atoms with Gasteiger partial charge in [0.2, 0.25) is 0 Å². The number of amides is 1. The molecular formula is C30H24N2O4. The molecule has 0 saturated carbocycles. The lowest BCUT2D eigenvalue weighted by Gasteiger charge is -2.28. The third-order valence-corrected chi connectivity index (χ3v) is 6.30. The zero-order chi connectivity index (χ0) is 25.1. The fourth-order valence-corrected chi connectivity index (χ4v) is 4.32. The first-order chi connectivity index (χ1) is 17.4. The van der Waals surface area contributed by atoms with Crippen LogP contribution in [0.1, 0.15) is 16.8 Å². The normalized spacial score (nSPS) is 12.7. The highest BCUT2D eigenvalue weighted by atomic mass is 16.5. The van der Waals surface area contributed by atoms with Crippen LogP contribution in [0.4, 0.5) is 5.69 Å². The van der Waals surface area contributed by atoms with Gasteiger partial charge in [-0.3, -0.25) is 4.79 Å². The van der Waals surface area contributed by atoms with Gasteiger partial charge in [-0.15, -0.1) is 0 Å². The molecule has 1 atom stereocenters. The highest BCUT2D eigenvalue weighted by Gasteiger charge is 2.38. The number of hydrogen-bond donors (Lipinski definition) is 2. The van der Waals surface area contributed by atoms with E-state index in [2.05, 4.69) is 10.5 Å². The maximum absolute atomic E-state index is 13.6. The van der Waals surface area contributed by atoms with E-state index < -0.39 is 17.1 Å². The van der Waals surface area contributed by atoms with Crippen molar-refractivity contribution < 1.29 is 14.4 Å². The Bertz CT molecular complexity index is 1580. The molecule has 0 aliphatic carbocycles. The van der Waals surface area contributed by atoms with E-state index in [4.69, 9.17) is 4.52 Å². The first-order valence-corrected chi connectivity index (χ1v) is 11.6. The Labute approximate surface area is 207 Å². The van der Waals surface area contributed by atoms with Gasteiger partial charge in [0.15, 0.2) is 5.60 Å². The highest BCUT2D eigenvalue weighted by Crippen LogP contribution is 2.31. The van der Waals surface area contributed by atoms with E-state index >= 15 is 0 Å². The van der Waals surface area contributed by atoms with Gasteiger partial charge in [0.25, 0.3) is 5.91 Å². The number of hydrogen-bond acceptors (Lipinski definition) is 5.